The summed E-state index contributed by atoms with van der Waals surface area (Å²) >= 11 is 3.61. The largest absolute Gasteiger partial charge is 0.336 e. The van der Waals surface area contributed by atoms with Gasteiger partial charge in [-0.3, -0.25) is 0 Å². The van der Waals surface area contributed by atoms with Crippen LogP contribution in [0.3, 0.4) is 0 Å². The first-order valence-corrected chi connectivity index (χ1v) is 9.48. The molecule has 0 spiro atoms. The molecule has 4 heteroatoms. The quantitative estimate of drug-likeness (QED) is 0.538. The van der Waals surface area contributed by atoms with Gasteiger partial charge >= 0.3 is 0 Å². The van der Waals surface area contributed by atoms with Gasteiger partial charge in [-0.1, -0.05) is 57.9 Å². The van der Waals surface area contributed by atoms with Crippen LogP contribution in [-0.4, -0.2) is 7.05 Å². The third kappa shape index (κ3) is 5.09. The second-order valence-electron chi connectivity index (χ2n) is 6.40. The molecule has 0 amide bonds. The lowest BCUT2D eigenvalue weighted by atomic mass is 9.85. The fourth-order valence-corrected chi connectivity index (χ4v) is 3.56. The Labute approximate surface area is 170 Å². The third-order valence-electron chi connectivity index (χ3n) is 4.70. The average molecular weight is 420 g/mol. The Kier molecular flexibility index (Phi) is 7.41. The minimum Gasteiger partial charge on any atom is -0.336 e. The van der Waals surface area contributed by atoms with Crippen molar-refractivity contribution >= 4 is 21.6 Å². The van der Waals surface area contributed by atoms with E-state index in [4.69, 9.17) is 5.26 Å². The molecular formula is C23H22BrN3. The summed E-state index contributed by atoms with van der Waals surface area (Å²) in [5, 5.41) is 19.0. The molecular weight excluding hydrogens is 398 g/mol. The van der Waals surface area contributed by atoms with Gasteiger partial charge in [0.05, 0.1) is 6.07 Å². The lowest BCUT2D eigenvalue weighted by Gasteiger charge is -2.25. The molecule has 0 aliphatic carbocycles. The SMILES string of the molecule is C/C(=C(\C#N)N(C)c1ccccc1)C(Cc1ccccc1Br)/C(C)=C/C#N. The molecule has 0 radical (unpaired) electrons. The van der Waals surface area contributed by atoms with Gasteiger partial charge in [0.1, 0.15) is 11.8 Å². The van der Waals surface area contributed by atoms with E-state index < -0.39 is 0 Å². The minimum absolute atomic E-state index is 0.0378. The molecule has 0 fully saturated rings. The molecule has 0 N–H and O–H groups in total. The van der Waals surface area contributed by atoms with Crippen LogP contribution in [-0.2, 0) is 6.42 Å². The van der Waals surface area contributed by atoms with Gasteiger partial charge in [0.25, 0.3) is 0 Å². The number of anilines is 1. The summed E-state index contributed by atoms with van der Waals surface area (Å²) in [5.41, 5.74) is 4.59. The number of nitriles is 2. The zero-order chi connectivity index (χ0) is 19.8. The first kappa shape index (κ1) is 20.5. The van der Waals surface area contributed by atoms with Crippen LogP contribution in [0.2, 0.25) is 0 Å². The van der Waals surface area contributed by atoms with E-state index in [0.29, 0.717) is 12.1 Å². The summed E-state index contributed by atoms with van der Waals surface area (Å²) < 4.78 is 1.03. The first-order valence-electron chi connectivity index (χ1n) is 8.69. The van der Waals surface area contributed by atoms with E-state index in [-0.39, 0.29) is 5.92 Å². The predicted octanol–water partition coefficient (Wildman–Crippen LogP) is 6.01. The standard InChI is InChI=1S/C23H22BrN3/c1-17(13-14-25)21(15-19-9-7-8-12-22(19)24)18(2)23(16-26)27(3)20-10-5-4-6-11-20/h4-13,21H,15H2,1-3H3/b17-13+,23-18-. The summed E-state index contributed by atoms with van der Waals surface area (Å²) in [5.74, 6) is -0.0378. The van der Waals surface area contributed by atoms with Crippen molar-refractivity contribution in [1.82, 2.24) is 0 Å². The Morgan fingerprint density at radius 2 is 1.70 bits per heavy atom. The first-order chi connectivity index (χ1) is 13.0. The topological polar surface area (TPSA) is 50.8 Å². The van der Waals surface area contributed by atoms with Crippen molar-refractivity contribution in [2.45, 2.75) is 20.3 Å². The molecule has 1 unspecified atom stereocenters. The number of hydrogen-bond acceptors (Lipinski definition) is 3. The van der Waals surface area contributed by atoms with Crippen molar-refractivity contribution in [2.75, 3.05) is 11.9 Å². The van der Waals surface area contributed by atoms with E-state index in [1.54, 1.807) is 6.08 Å². The summed E-state index contributed by atoms with van der Waals surface area (Å²) in [6, 6.07) is 22.4. The number of para-hydroxylation sites is 1. The van der Waals surface area contributed by atoms with Crippen LogP contribution < -0.4 is 4.90 Å². The molecule has 0 heterocycles. The van der Waals surface area contributed by atoms with Crippen LogP contribution >= 0.6 is 15.9 Å². The normalized spacial score (nSPS) is 13.2. The van der Waals surface area contributed by atoms with Crippen molar-refractivity contribution in [1.29, 1.82) is 10.5 Å². The zero-order valence-corrected chi connectivity index (χ0v) is 17.4. The molecule has 0 bridgehead atoms. The highest BCUT2D eigenvalue weighted by Gasteiger charge is 2.21. The molecule has 136 valence electrons. The fourth-order valence-electron chi connectivity index (χ4n) is 3.12. The van der Waals surface area contributed by atoms with Gasteiger partial charge in [-0.15, -0.1) is 0 Å². The van der Waals surface area contributed by atoms with Gasteiger partial charge in [-0.2, -0.15) is 10.5 Å². The maximum absolute atomic E-state index is 9.87. The van der Waals surface area contributed by atoms with E-state index in [9.17, 15) is 5.26 Å². The minimum atomic E-state index is -0.0378. The van der Waals surface area contributed by atoms with Crippen LogP contribution in [0.1, 0.15) is 19.4 Å². The number of rotatable bonds is 6. The molecule has 0 aromatic heterocycles. The van der Waals surface area contributed by atoms with Crippen LogP contribution in [0.25, 0.3) is 0 Å². The number of allylic oxidation sites excluding steroid dienone is 4. The number of nitrogens with zero attached hydrogens (tertiary/aromatic N) is 3. The molecule has 27 heavy (non-hydrogen) atoms. The molecule has 0 saturated heterocycles. The Hall–Kier alpha value is -2.82. The number of benzene rings is 2. The fraction of sp³-hybridized carbons (Fsp3) is 0.217. The third-order valence-corrected chi connectivity index (χ3v) is 5.48. The lowest BCUT2D eigenvalue weighted by molar-refractivity contribution is 0.696. The maximum atomic E-state index is 9.87. The highest BCUT2D eigenvalue weighted by molar-refractivity contribution is 9.10. The predicted molar refractivity (Wildman–Crippen MR) is 114 cm³/mol. The Morgan fingerprint density at radius 3 is 2.30 bits per heavy atom. The zero-order valence-electron chi connectivity index (χ0n) is 15.8. The average Bonchev–Trinajstić information content (AvgIpc) is 2.68. The van der Waals surface area contributed by atoms with E-state index in [0.717, 1.165) is 26.9 Å². The molecule has 0 saturated carbocycles. The smallest absolute Gasteiger partial charge is 0.119 e. The molecule has 2 aromatic rings. The monoisotopic (exact) mass is 419 g/mol. The van der Waals surface area contributed by atoms with Crippen molar-refractivity contribution < 1.29 is 0 Å². The van der Waals surface area contributed by atoms with Crippen LogP contribution in [0, 0.1) is 28.6 Å². The molecule has 1 atom stereocenters. The summed E-state index contributed by atoms with van der Waals surface area (Å²) in [6.45, 7) is 3.93. The molecule has 2 aromatic carbocycles. The van der Waals surface area contributed by atoms with Crippen molar-refractivity contribution in [3.05, 3.63) is 87.6 Å². The van der Waals surface area contributed by atoms with Crippen LogP contribution in [0.5, 0.6) is 0 Å². The van der Waals surface area contributed by atoms with Crippen molar-refractivity contribution in [2.24, 2.45) is 5.92 Å². The highest BCUT2D eigenvalue weighted by Crippen LogP contribution is 2.31. The van der Waals surface area contributed by atoms with Crippen molar-refractivity contribution in [3.8, 4) is 12.1 Å². The lowest BCUT2D eigenvalue weighted by Crippen LogP contribution is -2.21. The van der Waals surface area contributed by atoms with E-state index >= 15 is 0 Å². The molecule has 0 aliphatic rings. The summed E-state index contributed by atoms with van der Waals surface area (Å²) in [4.78, 5) is 1.90. The van der Waals surface area contributed by atoms with Crippen LogP contribution in [0.15, 0.2) is 82.0 Å². The van der Waals surface area contributed by atoms with Gasteiger partial charge < -0.3 is 4.90 Å². The summed E-state index contributed by atoms with van der Waals surface area (Å²) in [7, 11) is 1.90. The number of hydrogen-bond donors (Lipinski definition) is 0. The molecule has 2 rings (SSSR count). The molecule has 0 aliphatic heterocycles. The Balaban J connectivity index is 2.51. The Morgan fingerprint density at radius 1 is 1.07 bits per heavy atom. The van der Waals surface area contributed by atoms with Gasteiger partial charge in [0.2, 0.25) is 0 Å². The van der Waals surface area contributed by atoms with Gasteiger partial charge in [0.15, 0.2) is 0 Å². The van der Waals surface area contributed by atoms with E-state index in [1.807, 2.05) is 74.3 Å². The summed E-state index contributed by atoms with van der Waals surface area (Å²) in [6.07, 6.45) is 2.29. The Bertz CT molecular complexity index is 930. The van der Waals surface area contributed by atoms with E-state index in [1.165, 1.54) is 0 Å². The van der Waals surface area contributed by atoms with Gasteiger partial charge in [-0.05, 0) is 49.6 Å². The highest BCUT2D eigenvalue weighted by atomic mass is 79.9. The van der Waals surface area contributed by atoms with Gasteiger partial charge in [0, 0.05) is 29.2 Å². The number of halogens is 1. The molecule has 3 nitrogen and oxygen atoms in total. The van der Waals surface area contributed by atoms with Crippen LogP contribution in [0.4, 0.5) is 5.69 Å². The second-order valence-corrected chi connectivity index (χ2v) is 7.26. The second kappa shape index (κ2) is 9.76. The van der Waals surface area contributed by atoms with Gasteiger partial charge in [-0.25, -0.2) is 0 Å². The van der Waals surface area contributed by atoms with Crippen molar-refractivity contribution in [3.63, 3.8) is 0 Å². The maximum Gasteiger partial charge on any atom is 0.119 e. The van der Waals surface area contributed by atoms with E-state index in [2.05, 4.69) is 34.1 Å².